The molecule has 6 nitrogen and oxygen atoms in total. The van der Waals surface area contributed by atoms with Gasteiger partial charge in [-0.3, -0.25) is 14.4 Å². The summed E-state index contributed by atoms with van der Waals surface area (Å²) in [5, 5.41) is 0. The molecule has 0 saturated carbocycles. The predicted molar refractivity (Wildman–Crippen MR) is 297 cm³/mol. The number of carbonyl (C=O) groups excluding carboxylic acids is 3. The van der Waals surface area contributed by atoms with E-state index in [0.717, 1.165) is 141 Å². The van der Waals surface area contributed by atoms with Gasteiger partial charge in [-0.2, -0.15) is 0 Å². The first-order valence-electron chi connectivity index (χ1n) is 27.3. The maximum absolute atomic E-state index is 12.8. The molecular formula is C63H98O6. The SMILES string of the molecule is CC/C=C\C/C=C\C/C=C\C/C=C\CCCCCCC(=O)O[C@H](COC(=O)CCCC/C=C\C/C=C\C/C=C\C/C=C\CC)COC(=O)CCCCC/C=C\C/C=C\C/C=C\C/C=C\CCCCC. The molecule has 0 aliphatic heterocycles. The van der Waals surface area contributed by atoms with Crippen LogP contribution in [0.15, 0.2) is 146 Å². The highest BCUT2D eigenvalue weighted by Gasteiger charge is 2.19. The zero-order valence-electron chi connectivity index (χ0n) is 44.0. The van der Waals surface area contributed by atoms with Crippen molar-refractivity contribution in [1.29, 1.82) is 0 Å². The van der Waals surface area contributed by atoms with E-state index in [2.05, 4.69) is 167 Å². The Kier molecular flexibility index (Phi) is 52.1. The Bertz CT molecular complexity index is 1560. The highest BCUT2D eigenvalue weighted by molar-refractivity contribution is 5.71. The van der Waals surface area contributed by atoms with Gasteiger partial charge in [0.2, 0.25) is 0 Å². The van der Waals surface area contributed by atoms with E-state index in [1.165, 1.54) is 25.7 Å². The molecule has 0 aromatic rings. The number of hydrogen-bond acceptors (Lipinski definition) is 6. The van der Waals surface area contributed by atoms with E-state index in [1.807, 2.05) is 0 Å². The Morgan fingerprint density at radius 2 is 0.565 bits per heavy atom. The fourth-order valence-electron chi connectivity index (χ4n) is 6.76. The molecule has 0 radical (unpaired) electrons. The summed E-state index contributed by atoms with van der Waals surface area (Å²) in [5.74, 6) is -1.03. The summed E-state index contributed by atoms with van der Waals surface area (Å²) in [6, 6.07) is 0. The number of unbranched alkanes of at least 4 members (excludes halogenated alkanes) is 12. The van der Waals surface area contributed by atoms with E-state index in [4.69, 9.17) is 14.2 Å². The Balaban J connectivity index is 4.58. The molecule has 0 aliphatic carbocycles. The van der Waals surface area contributed by atoms with Gasteiger partial charge in [0.25, 0.3) is 0 Å². The summed E-state index contributed by atoms with van der Waals surface area (Å²) in [4.78, 5) is 38.1. The second-order valence-electron chi connectivity index (χ2n) is 17.4. The average molecular weight is 951 g/mol. The van der Waals surface area contributed by atoms with Crippen molar-refractivity contribution in [3.63, 3.8) is 0 Å². The zero-order chi connectivity index (χ0) is 50.0. The highest BCUT2D eigenvalue weighted by Crippen LogP contribution is 2.11. The van der Waals surface area contributed by atoms with Crippen LogP contribution in [0.3, 0.4) is 0 Å². The van der Waals surface area contributed by atoms with Crippen molar-refractivity contribution in [3.05, 3.63) is 146 Å². The van der Waals surface area contributed by atoms with Gasteiger partial charge >= 0.3 is 17.9 Å². The molecule has 0 heterocycles. The molecule has 0 aliphatic rings. The van der Waals surface area contributed by atoms with Crippen LogP contribution in [0.4, 0.5) is 0 Å². The molecule has 386 valence electrons. The number of esters is 3. The smallest absolute Gasteiger partial charge is 0.306 e. The Morgan fingerprint density at radius 3 is 0.913 bits per heavy atom. The second-order valence-corrected chi connectivity index (χ2v) is 17.4. The van der Waals surface area contributed by atoms with E-state index in [0.29, 0.717) is 12.8 Å². The van der Waals surface area contributed by atoms with Crippen molar-refractivity contribution in [2.24, 2.45) is 0 Å². The van der Waals surface area contributed by atoms with Gasteiger partial charge in [-0.1, -0.05) is 199 Å². The molecule has 0 rings (SSSR count). The van der Waals surface area contributed by atoms with E-state index >= 15 is 0 Å². The molecule has 69 heavy (non-hydrogen) atoms. The lowest BCUT2D eigenvalue weighted by atomic mass is 10.1. The highest BCUT2D eigenvalue weighted by atomic mass is 16.6. The van der Waals surface area contributed by atoms with Crippen LogP contribution in [0.25, 0.3) is 0 Å². The van der Waals surface area contributed by atoms with Gasteiger partial charge in [-0.05, 0) is 141 Å². The van der Waals surface area contributed by atoms with Crippen LogP contribution in [0.1, 0.15) is 213 Å². The van der Waals surface area contributed by atoms with Crippen LogP contribution in [0.2, 0.25) is 0 Å². The third kappa shape index (κ3) is 54.1. The fraction of sp³-hybridized carbons (Fsp3) is 0.571. The van der Waals surface area contributed by atoms with Crippen molar-refractivity contribution in [1.82, 2.24) is 0 Å². The maximum Gasteiger partial charge on any atom is 0.306 e. The monoisotopic (exact) mass is 951 g/mol. The largest absolute Gasteiger partial charge is 0.462 e. The number of hydrogen-bond donors (Lipinski definition) is 0. The first-order valence-corrected chi connectivity index (χ1v) is 27.3. The number of ether oxygens (including phenoxy) is 3. The molecule has 0 N–H and O–H groups in total. The van der Waals surface area contributed by atoms with Crippen LogP contribution in [-0.4, -0.2) is 37.2 Å². The Labute approximate surface area is 423 Å². The van der Waals surface area contributed by atoms with Crippen LogP contribution < -0.4 is 0 Å². The van der Waals surface area contributed by atoms with Gasteiger partial charge in [-0.25, -0.2) is 0 Å². The van der Waals surface area contributed by atoms with Gasteiger partial charge < -0.3 is 14.2 Å². The molecule has 0 aromatic heterocycles. The molecule has 0 aromatic carbocycles. The maximum atomic E-state index is 12.8. The lowest BCUT2D eigenvalue weighted by molar-refractivity contribution is -0.167. The topological polar surface area (TPSA) is 78.9 Å². The van der Waals surface area contributed by atoms with Crippen LogP contribution >= 0.6 is 0 Å². The normalized spacial score (nSPS) is 13.3. The molecule has 1 atom stereocenters. The van der Waals surface area contributed by atoms with Crippen LogP contribution in [0, 0.1) is 0 Å². The summed E-state index contributed by atoms with van der Waals surface area (Å²) in [5.41, 5.74) is 0. The van der Waals surface area contributed by atoms with Crippen molar-refractivity contribution in [2.75, 3.05) is 13.2 Å². The average Bonchev–Trinajstić information content (AvgIpc) is 3.35. The lowest BCUT2D eigenvalue weighted by Crippen LogP contribution is -2.30. The van der Waals surface area contributed by atoms with E-state index < -0.39 is 6.10 Å². The summed E-state index contributed by atoms with van der Waals surface area (Å²) in [6.07, 6.45) is 79.7. The third-order valence-corrected chi connectivity index (χ3v) is 10.8. The van der Waals surface area contributed by atoms with Gasteiger partial charge in [0.1, 0.15) is 13.2 Å². The molecule has 0 bridgehead atoms. The summed E-state index contributed by atoms with van der Waals surface area (Å²) in [7, 11) is 0. The van der Waals surface area contributed by atoms with Gasteiger partial charge in [0.15, 0.2) is 6.10 Å². The minimum atomic E-state index is -0.828. The summed E-state index contributed by atoms with van der Waals surface area (Å²) < 4.78 is 16.8. The zero-order valence-corrected chi connectivity index (χ0v) is 44.0. The standard InChI is InChI=1S/C63H98O6/c1-4-7-10-13-16-19-22-25-28-30-31-33-35-38-41-44-47-50-53-56-62(65)68-59-60(58-67-61(64)55-52-49-46-43-40-37-34-27-24-21-18-15-12-9-6-3)69-63(66)57-54-51-48-45-42-39-36-32-29-26-23-20-17-14-11-8-5-2/h8-9,11-12,16-21,25-29,31,33-34,36,38-41,43,60H,4-7,10,13-15,22-24,30,32,35,37,42,44-59H2,1-3H3/b11-8-,12-9-,19-16-,20-17-,21-18-,28-25-,29-26-,33-31-,34-27-,39-36-,41-38-,43-40-/t60-/m1/s1. The number of allylic oxidation sites excluding steroid dienone is 24. The second kappa shape index (κ2) is 55.9. The van der Waals surface area contributed by atoms with Crippen molar-refractivity contribution in [2.45, 2.75) is 219 Å². The van der Waals surface area contributed by atoms with Crippen molar-refractivity contribution in [3.8, 4) is 0 Å². The van der Waals surface area contributed by atoms with Crippen LogP contribution in [0.5, 0.6) is 0 Å². The number of carbonyl (C=O) groups is 3. The first kappa shape index (κ1) is 64.3. The van der Waals surface area contributed by atoms with Crippen molar-refractivity contribution < 1.29 is 28.6 Å². The van der Waals surface area contributed by atoms with E-state index in [-0.39, 0.29) is 44.0 Å². The molecule has 0 spiro atoms. The van der Waals surface area contributed by atoms with Crippen molar-refractivity contribution >= 4 is 17.9 Å². The minimum Gasteiger partial charge on any atom is -0.462 e. The lowest BCUT2D eigenvalue weighted by Gasteiger charge is -2.18. The molecule has 0 unspecified atom stereocenters. The Hall–Kier alpha value is -4.71. The van der Waals surface area contributed by atoms with Crippen LogP contribution in [-0.2, 0) is 28.6 Å². The fourth-order valence-corrected chi connectivity index (χ4v) is 6.76. The van der Waals surface area contributed by atoms with Gasteiger partial charge in [0.05, 0.1) is 0 Å². The van der Waals surface area contributed by atoms with E-state index in [9.17, 15) is 14.4 Å². The molecule has 0 fully saturated rings. The minimum absolute atomic E-state index is 0.124. The first-order chi connectivity index (χ1) is 34.0. The summed E-state index contributed by atoms with van der Waals surface area (Å²) in [6.45, 7) is 6.28. The molecule has 0 saturated heterocycles. The molecule has 0 amide bonds. The third-order valence-electron chi connectivity index (χ3n) is 10.8. The van der Waals surface area contributed by atoms with Gasteiger partial charge in [0, 0.05) is 19.3 Å². The summed E-state index contributed by atoms with van der Waals surface area (Å²) >= 11 is 0. The molecule has 6 heteroatoms. The number of rotatable bonds is 47. The molecular weight excluding hydrogens is 853 g/mol. The van der Waals surface area contributed by atoms with E-state index in [1.54, 1.807) is 0 Å². The quantitative estimate of drug-likeness (QED) is 0.0262. The predicted octanol–water partition coefficient (Wildman–Crippen LogP) is 18.4. The Morgan fingerprint density at radius 1 is 0.304 bits per heavy atom. The van der Waals surface area contributed by atoms with Gasteiger partial charge in [-0.15, -0.1) is 0 Å².